The minimum Gasteiger partial charge on any atom is -0.264 e. The predicted molar refractivity (Wildman–Crippen MR) is 56.0 cm³/mol. The smallest absolute Gasteiger partial charge is 0.123 e. The van der Waals surface area contributed by atoms with Crippen molar-refractivity contribution in [3.05, 3.63) is 42.0 Å². The molecular weight excluding hydrogens is 201 g/mol. The number of hydrogen-bond acceptors (Lipinski definition) is 1. The molecule has 0 N–H and O–H groups in total. The molecule has 0 aliphatic heterocycles. The van der Waals surface area contributed by atoms with Gasteiger partial charge in [-0.25, -0.2) is 4.39 Å². The molecule has 0 aliphatic rings. The standard InChI is InChI=1S/C11H9ClFN/c1-7(12)11-6-14-5-8-4-9(13)2-3-10(8)11/h2-7H,1H3. The van der Waals surface area contributed by atoms with Crippen molar-refractivity contribution in [2.75, 3.05) is 0 Å². The quantitative estimate of drug-likeness (QED) is 0.653. The molecule has 2 aromatic rings. The first-order valence-electron chi connectivity index (χ1n) is 4.36. The molecule has 2 rings (SSSR count). The van der Waals surface area contributed by atoms with Crippen LogP contribution in [-0.4, -0.2) is 4.98 Å². The zero-order valence-electron chi connectivity index (χ0n) is 7.67. The monoisotopic (exact) mass is 209 g/mol. The first kappa shape index (κ1) is 9.41. The SMILES string of the molecule is CC(Cl)c1cncc2cc(F)ccc12. The summed E-state index contributed by atoms with van der Waals surface area (Å²) in [6.07, 6.45) is 3.36. The van der Waals surface area contributed by atoms with Gasteiger partial charge in [0.25, 0.3) is 0 Å². The Balaban J connectivity index is 2.75. The molecule has 0 aliphatic carbocycles. The number of fused-ring (bicyclic) bond motifs is 1. The van der Waals surface area contributed by atoms with E-state index in [4.69, 9.17) is 11.6 Å². The van der Waals surface area contributed by atoms with E-state index in [1.807, 2.05) is 6.92 Å². The van der Waals surface area contributed by atoms with Crippen molar-refractivity contribution in [2.24, 2.45) is 0 Å². The van der Waals surface area contributed by atoms with Gasteiger partial charge < -0.3 is 0 Å². The number of hydrogen-bond donors (Lipinski definition) is 0. The zero-order valence-corrected chi connectivity index (χ0v) is 8.42. The Hall–Kier alpha value is -1.15. The third-order valence-corrected chi connectivity index (χ3v) is 2.42. The summed E-state index contributed by atoms with van der Waals surface area (Å²) in [5.74, 6) is -0.251. The van der Waals surface area contributed by atoms with Gasteiger partial charge in [0, 0.05) is 17.8 Å². The second-order valence-electron chi connectivity index (χ2n) is 3.21. The summed E-state index contributed by atoms with van der Waals surface area (Å²) in [6.45, 7) is 1.88. The van der Waals surface area contributed by atoms with Gasteiger partial charge in [-0.1, -0.05) is 6.07 Å². The van der Waals surface area contributed by atoms with E-state index in [2.05, 4.69) is 4.98 Å². The van der Waals surface area contributed by atoms with Gasteiger partial charge in [-0.15, -0.1) is 11.6 Å². The average molecular weight is 210 g/mol. The van der Waals surface area contributed by atoms with E-state index in [9.17, 15) is 4.39 Å². The topological polar surface area (TPSA) is 12.9 Å². The fourth-order valence-electron chi connectivity index (χ4n) is 1.49. The molecule has 1 nitrogen and oxygen atoms in total. The van der Waals surface area contributed by atoms with Crippen LogP contribution in [0.25, 0.3) is 10.8 Å². The van der Waals surface area contributed by atoms with Crippen molar-refractivity contribution in [3.8, 4) is 0 Å². The van der Waals surface area contributed by atoms with Crippen LogP contribution in [0.5, 0.6) is 0 Å². The first-order valence-corrected chi connectivity index (χ1v) is 4.79. The maximum absolute atomic E-state index is 12.9. The van der Waals surface area contributed by atoms with Crippen molar-refractivity contribution in [1.29, 1.82) is 0 Å². The van der Waals surface area contributed by atoms with Gasteiger partial charge in [0.15, 0.2) is 0 Å². The van der Waals surface area contributed by atoms with Crippen molar-refractivity contribution >= 4 is 22.4 Å². The minimum absolute atomic E-state index is 0.114. The van der Waals surface area contributed by atoms with Crippen molar-refractivity contribution < 1.29 is 4.39 Å². The number of alkyl halides is 1. The van der Waals surface area contributed by atoms with Gasteiger partial charge in [-0.3, -0.25) is 4.98 Å². The largest absolute Gasteiger partial charge is 0.264 e. The fourth-order valence-corrected chi connectivity index (χ4v) is 1.66. The molecule has 0 saturated carbocycles. The van der Waals surface area contributed by atoms with Crippen LogP contribution in [0.4, 0.5) is 4.39 Å². The second kappa shape index (κ2) is 3.54. The lowest BCUT2D eigenvalue weighted by Crippen LogP contribution is -1.89. The summed E-state index contributed by atoms with van der Waals surface area (Å²) in [5, 5.41) is 1.63. The summed E-state index contributed by atoms with van der Waals surface area (Å²) < 4.78 is 12.9. The average Bonchev–Trinajstić information content (AvgIpc) is 2.16. The third kappa shape index (κ3) is 1.58. The van der Waals surface area contributed by atoms with Gasteiger partial charge >= 0.3 is 0 Å². The number of aromatic nitrogens is 1. The molecule has 14 heavy (non-hydrogen) atoms. The van der Waals surface area contributed by atoms with Crippen LogP contribution in [0.15, 0.2) is 30.6 Å². The van der Waals surface area contributed by atoms with E-state index >= 15 is 0 Å². The highest BCUT2D eigenvalue weighted by Crippen LogP contribution is 2.27. The van der Waals surface area contributed by atoms with Crippen molar-refractivity contribution in [1.82, 2.24) is 4.98 Å². The highest BCUT2D eigenvalue weighted by atomic mass is 35.5. The minimum atomic E-state index is -0.251. The molecule has 0 amide bonds. The molecule has 1 aromatic carbocycles. The van der Waals surface area contributed by atoms with E-state index in [1.165, 1.54) is 12.1 Å². The van der Waals surface area contributed by atoms with Crippen molar-refractivity contribution in [2.45, 2.75) is 12.3 Å². The highest BCUT2D eigenvalue weighted by Gasteiger charge is 2.07. The van der Waals surface area contributed by atoms with Crippen molar-refractivity contribution in [3.63, 3.8) is 0 Å². The van der Waals surface area contributed by atoms with Crippen LogP contribution in [0.2, 0.25) is 0 Å². The maximum atomic E-state index is 12.9. The Morgan fingerprint density at radius 2 is 2.14 bits per heavy atom. The molecule has 0 spiro atoms. The highest BCUT2D eigenvalue weighted by molar-refractivity contribution is 6.21. The lowest BCUT2D eigenvalue weighted by atomic mass is 10.1. The molecule has 1 unspecified atom stereocenters. The van der Waals surface area contributed by atoms with Crippen LogP contribution in [0.3, 0.4) is 0 Å². The van der Waals surface area contributed by atoms with E-state index in [0.29, 0.717) is 0 Å². The fraction of sp³-hybridized carbons (Fsp3) is 0.182. The van der Waals surface area contributed by atoms with E-state index < -0.39 is 0 Å². The Labute approximate surface area is 86.5 Å². The van der Waals surface area contributed by atoms with E-state index in [1.54, 1.807) is 18.5 Å². The van der Waals surface area contributed by atoms with Gasteiger partial charge in [-0.2, -0.15) is 0 Å². The number of nitrogens with zero attached hydrogens (tertiary/aromatic N) is 1. The lowest BCUT2D eigenvalue weighted by Gasteiger charge is -2.07. The Morgan fingerprint density at radius 1 is 1.36 bits per heavy atom. The van der Waals surface area contributed by atoms with Crippen LogP contribution in [-0.2, 0) is 0 Å². The van der Waals surface area contributed by atoms with Crippen LogP contribution < -0.4 is 0 Å². The van der Waals surface area contributed by atoms with Crippen LogP contribution >= 0.6 is 11.6 Å². The predicted octanol–water partition coefficient (Wildman–Crippen LogP) is 3.67. The lowest BCUT2D eigenvalue weighted by molar-refractivity contribution is 0.629. The van der Waals surface area contributed by atoms with E-state index in [-0.39, 0.29) is 11.2 Å². The molecule has 0 fully saturated rings. The maximum Gasteiger partial charge on any atom is 0.123 e. The Morgan fingerprint density at radius 3 is 2.86 bits per heavy atom. The molecule has 0 radical (unpaired) electrons. The van der Waals surface area contributed by atoms with Crippen LogP contribution in [0.1, 0.15) is 17.9 Å². The summed E-state index contributed by atoms with van der Waals surface area (Å²) in [4.78, 5) is 4.02. The van der Waals surface area contributed by atoms with Gasteiger partial charge in [0.05, 0.1) is 5.38 Å². The van der Waals surface area contributed by atoms with Gasteiger partial charge in [0.2, 0.25) is 0 Å². The van der Waals surface area contributed by atoms with E-state index in [0.717, 1.165) is 16.3 Å². The summed E-state index contributed by atoms with van der Waals surface area (Å²) in [5.41, 5.74) is 0.934. The Kier molecular flexibility index (Phi) is 2.38. The Bertz CT molecular complexity index is 468. The molecule has 1 aromatic heterocycles. The first-order chi connectivity index (χ1) is 6.68. The van der Waals surface area contributed by atoms with Gasteiger partial charge in [0.1, 0.15) is 5.82 Å². The third-order valence-electron chi connectivity index (χ3n) is 2.18. The molecule has 3 heteroatoms. The number of halogens is 2. The van der Waals surface area contributed by atoms with Crippen LogP contribution in [0, 0.1) is 5.82 Å². The molecular formula is C11H9ClFN. The normalized spacial score (nSPS) is 13.1. The summed E-state index contributed by atoms with van der Waals surface area (Å²) in [7, 11) is 0. The number of benzene rings is 1. The molecule has 0 bridgehead atoms. The summed E-state index contributed by atoms with van der Waals surface area (Å²) >= 11 is 5.99. The molecule has 1 atom stereocenters. The molecule has 72 valence electrons. The number of rotatable bonds is 1. The zero-order chi connectivity index (χ0) is 10.1. The molecule has 1 heterocycles. The number of pyridine rings is 1. The second-order valence-corrected chi connectivity index (χ2v) is 3.86. The molecule has 0 saturated heterocycles. The summed E-state index contributed by atoms with van der Waals surface area (Å²) in [6, 6.07) is 4.64. The van der Waals surface area contributed by atoms with Gasteiger partial charge in [-0.05, 0) is 30.0 Å².